The van der Waals surface area contributed by atoms with E-state index in [0.29, 0.717) is 13.2 Å². The molecule has 2 atom stereocenters. The second-order valence-electron chi connectivity index (χ2n) is 2.49. The Kier molecular flexibility index (Phi) is 3.12. The fraction of sp³-hybridized carbons (Fsp3) is 1.00. The zero-order valence-corrected chi connectivity index (χ0v) is 6.50. The molecule has 3 nitrogen and oxygen atoms in total. The summed E-state index contributed by atoms with van der Waals surface area (Å²) in [5.41, 5.74) is 0. The number of methoxy groups -OCH3 is 2. The van der Waals surface area contributed by atoms with Crippen molar-refractivity contribution in [1.82, 2.24) is 0 Å². The third-order valence-corrected chi connectivity index (χ3v) is 1.80. The van der Waals surface area contributed by atoms with Crippen LogP contribution in [0.2, 0.25) is 0 Å². The number of rotatable bonds is 2. The lowest BCUT2D eigenvalue weighted by Gasteiger charge is -2.27. The van der Waals surface area contributed by atoms with E-state index < -0.39 is 0 Å². The molecule has 0 saturated carbocycles. The van der Waals surface area contributed by atoms with E-state index in [1.54, 1.807) is 14.2 Å². The number of ether oxygens (including phenoxy) is 3. The largest absolute Gasteiger partial charge is 0.379 e. The van der Waals surface area contributed by atoms with E-state index in [1.807, 2.05) is 0 Å². The predicted octanol–water partition coefficient (Wildman–Crippen LogP) is 0.437. The van der Waals surface area contributed by atoms with E-state index in [0.717, 1.165) is 6.42 Å². The van der Waals surface area contributed by atoms with E-state index in [1.165, 1.54) is 0 Å². The Balaban J connectivity index is 2.25. The highest BCUT2D eigenvalue weighted by atomic mass is 16.6. The predicted molar refractivity (Wildman–Crippen MR) is 37.0 cm³/mol. The van der Waals surface area contributed by atoms with Gasteiger partial charge in [-0.25, -0.2) is 0 Å². The minimum atomic E-state index is 0.221. The highest BCUT2D eigenvalue weighted by Crippen LogP contribution is 2.11. The van der Waals surface area contributed by atoms with Gasteiger partial charge in [0.2, 0.25) is 0 Å². The summed E-state index contributed by atoms with van der Waals surface area (Å²) < 4.78 is 15.5. The van der Waals surface area contributed by atoms with Gasteiger partial charge in [0.25, 0.3) is 0 Å². The molecule has 0 aromatic carbocycles. The van der Waals surface area contributed by atoms with Crippen molar-refractivity contribution in [1.29, 1.82) is 0 Å². The molecular weight excluding hydrogens is 132 g/mol. The van der Waals surface area contributed by atoms with Gasteiger partial charge >= 0.3 is 0 Å². The van der Waals surface area contributed by atoms with Gasteiger partial charge in [-0.1, -0.05) is 0 Å². The van der Waals surface area contributed by atoms with Gasteiger partial charge < -0.3 is 14.2 Å². The summed E-state index contributed by atoms with van der Waals surface area (Å²) in [7, 11) is 3.40. The minimum absolute atomic E-state index is 0.221. The Morgan fingerprint density at radius 1 is 1.10 bits per heavy atom. The summed E-state index contributed by atoms with van der Waals surface area (Å²) in [6, 6.07) is 0. The van der Waals surface area contributed by atoms with Crippen molar-refractivity contribution in [3.05, 3.63) is 0 Å². The lowest BCUT2D eigenvalue weighted by Crippen LogP contribution is -2.35. The van der Waals surface area contributed by atoms with E-state index in [-0.39, 0.29) is 12.2 Å². The summed E-state index contributed by atoms with van der Waals surface area (Å²) in [4.78, 5) is 0. The highest BCUT2D eigenvalue weighted by Gasteiger charge is 2.21. The zero-order valence-electron chi connectivity index (χ0n) is 6.50. The molecule has 10 heavy (non-hydrogen) atoms. The Morgan fingerprint density at radius 2 is 1.60 bits per heavy atom. The minimum Gasteiger partial charge on any atom is -0.379 e. The van der Waals surface area contributed by atoms with Crippen LogP contribution >= 0.6 is 0 Å². The van der Waals surface area contributed by atoms with Crippen LogP contribution in [0.5, 0.6) is 0 Å². The fourth-order valence-electron chi connectivity index (χ4n) is 1.09. The Bertz CT molecular complexity index is 84.9. The van der Waals surface area contributed by atoms with Crippen LogP contribution in [0.3, 0.4) is 0 Å². The first-order valence-corrected chi connectivity index (χ1v) is 3.50. The number of hydrogen-bond donors (Lipinski definition) is 0. The van der Waals surface area contributed by atoms with Crippen LogP contribution in [0.25, 0.3) is 0 Å². The molecule has 1 aliphatic heterocycles. The molecule has 0 aromatic heterocycles. The van der Waals surface area contributed by atoms with Crippen LogP contribution in [0.4, 0.5) is 0 Å². The molecule has 0 aliphatic carbocycles. The van der Waals surface area contributed by atoms with Gasteiger partial charge in [0.1, 0.15) is 0 Å². The van der Waals surface area contributed by atoms with Gasteiger partial charge in [-0.05, 0) is 0 Å². The summed E-state index contributed by atoms with van der Waals surface area (Å²) in [6.45, 7) is 1.41. The molecule has 1 fully saturated rings. The normalized spacial score (nSPS) is 34.2. The van der Waals surface area contributed by atoms with Gasteiger partial charge in [-0.15, -0.1) is 0 Å². The quantitative estimate of drug-likeness (QED) is 0.565. The van der Waals surface area contributed by atoms with Crippen molar-refractivity contribution in [2.24, 2.45) is 0 Å². The standard InChI is InChI=1S/C7H14O3/c1-8-6-3-7(9-2)5-10-4-6/h6-7H,3-5H2,1-2H3. The Hall–Kier alpha value is -0.120. The average molecular weight is 146 g/mol. The lowest BCUT2D eigenvalue weighted by molar-refractivity contribution is -0.0977. The van der Waals surface area contributed by atoms with Crippen LogP contribution < -0.4 is 0 Å². The van der Waals surface area contributed by atoms with Gasteiger partial charge in [-0.3, -0.25) is 0 Å². The van der Waals surface area contributed by atoms with Crippen molar-refractivity contribution in [3.8, 4) is 0 Å². The molecule has 1 saturated heterocycles. The smallest absolute Gasteiger partial charge is 0.0830 e. The molecule has 0 aromatic rings. The molecule has 60 valence electrons. The lowest BCUT2D eigenvalue weighted by atomic mass is 10.1. The monoisotopic (exact) mass is 146 g/mol. The van der Waals surface area contributed by atoms with Gasteiger partial charge in [0.15, 0.2) is 0 Å². The SMILES string of the molecule is COC1COCC(OC)C1. The molecular formula is C7H14O3. The molecule has 0 amide bonds. The summed E-state index contributed by atoms with van der Waals surface area (Å²) in [5.74, 6) is 0. The van der Waals surface area contributed by atoms with E-state index in [2.05, 4.69) is 0 Å². The summed E-state index contributed by atoms with van der Waals surface area (Å²) in [5, 5.41) is 0. The fourth-order valence-corrected chi connectivity index (χ4v) is 1.09. The van der Waals surface area contributed by atoms with Crippen molar-refractivity contribution < 1.29 is 14.2 Å². The average Bonchev–Trinajstić information content (AvgIpc) is 2.05. The van der Waals surface area contributed by atoms with E-state index in [4.69, 9.17) is 14.2 Å². The van der Waals surface area contributed by atoms with Gasteiger partial charge in [0, 0.05) is 20.6 Å². The van der Waals surface area contributed by atoms with Crippen LogP contribution in [-0.4, -0.2) is 39.6 Å². The van der Waals surface area contributed by atoms with Crippen LogP contribution in [0, 0.1) is 0 Å². The number of hydrogen-bond acceptors (Lipinski definition) is 3. The Morgan fingerprint density at radius 3 is 2.00 bits per heavy atom. The molecule has 2 unspecified atom stereocenters. The molecule has 3 heteroatoms. The maximum absolute atomic E-state index is 5.23. The highest BCUT2D eigenvalue weighted by molar-refractivity contribution is 4.70. The maximum atomic E-state index is 5.23. The maximum Gasteiger partial charge on any atom is 0.0830 e. The summed E-state index contributed by atoms with van der Waals surface area (Å²) >= 11 is 0. The van der Waals surface area contributed by atoms with Gasteiger partial charge in [0.05, 0.1) is 25.4 Å². The Labute approximate surface area is 61.3 Å². The topological polar surface area (TPSA) is 27.7 Å². The first kappa shape index (κ1) is 7.98. The molecule has 1 rings (SSSR count). The first-order chi connectivity index (χ1) is 4.86. The van der Waals surface area contributed by atoms with Crippen LogP contribution in [0.15, 0.2) is 0 Å². The van der Waals surface area contributed by atoms with Crippen molar-refractivity contribution >= 4 is 0 Å². The second kappa shape index (κ2) is 3.91. The van der Waals surface area contributed by atoms with Crippen LogP contribution in [-0.2, 0) is 14.2 Å². The summed E-state index contributed by atoms with van der Waals surface area (Å²) in [6.07, 6.45) is 1.39. The second-order valence-corrected chi connectivity index (χ2v) is 2.49. The van der Waals surface area contributed by atoms with Crippen molar-refractivity contribution in [2.45, 2.75) is 18.6 Å². The van der Waals surface area contributed by atoms with Crippen LogP contribution in [0.1, 0.15) is 6.42 Å². The van der Waals surface area contributed by atoms with Crippen molar-refractivity contribution in [3.63, 3.8) is 0 Å². The third kappa shape index (κ3) is 1.94. The molecule has 1 heterocycles. The first-order valence-electron chi connectivity index (χ1n) is 3.50. The van der Waals surface area contributed by atoms with Gasteiger partial charge in [-0.2, -0.15) is 0 Å². The molecule has 0 N–H and O–H groups in total. The molecule has 0 spiro atoms. The molecule has 1 aliphatic rings. The molecule has 0 radical (unpaired) electrons. The van der Waals surface area contributed by atoms with Crippen molar-refractivity contribution in [2.75, 3.05) is 27.4 Å². The molecule has 0 bridgehead atoms. The van der Waals surface area contributed by atoms with E-state index in [9.17, 15) is 0 Å². The zero-order chi connectivity index (χ0) is 7.40. The third-order valence-electron chi connectivity index (χ3n) is 1.80. The van der Waals surface area contributed by atoms with E-state index >= 15 is 0 Å².